The van der Waals surface area contributed by atoms with Gasteiger partial charge < -0.3 is 22.3 Å². The molecule has 1 fully saturated rings. The number of piperazine rings is 1. The SMILES string of the molecule is CC=[N+]1CCNCC1.[Br-]. The summed E-state index contributed by atoms with van der Waals surface area (Å²) in [5, 5.41) is 3.29. The second kappa shape index (κ2) is 4.94. The Bertz CT molecular complexity index is 93.2. The van der Waals surface area contributed by atoms with Crippen LogP contribution >= 0.6 is 0 Å². The van der Waals surface area contributed by atoms with Gasteiger partial charge in [-0.1, -0.05) is 0 Å². The minimum absolute atomic E-state index is 0. The van der Waals surface area contributed by atoms with Crippen LogP contribution in [0.3, 0.4) is 0 Å². The monoisotopic (exact) mass is 192 g/mol. The van der Waals surface area contributed by atoms with Crippen molar-refractivity contribution in [2.75, 3.05) is 26.2 Å². The van der Waals surface area contributed by atoms with E-state index in [0.717, 1.165) is 13.1 Å². The maximum atomic E-state index is 3.29. The van der Waals surface area contributed by atoms with Crippen molar-refractivity contribution in [3.05, 3.63) is 0 Å². The van der Waals surface area contributed by atoms with E-state index in [2.05, 4.69) is 23.0 Å². The molecule has 0 aromatic heterocycles. The topological polar surface area (TPSA) is 15.0 Å². The highest BCUT2D eigenvalue weighted by Gasteiger charge is 2.06. The van der Waals surface area contributed by atoms with Gasteiger partial charge in [0.05, 0.1) is 13.1 Å². The molecule has 2 nitrogen and oxygen atoms in total. The number of halogens is 1. The Morgan fingerprint density at radius 1 is 1.33 bits per heavy atom. The van der Waals surface area contributed by atoms with Crippen LogP contribution in [0.2, 0.25) is 0 Å². The van der Waals surface area contributed by atoms with Gasteiger partial charge >= 0.3 is 0 Å². The number of rotatable bonds is 0. The van der Waals surface area contributed by atoms with Crippen LogP contribution in [0.25, 0.3) is 0 Å². The first-order valence-electron chi connectivity index (χ1n) is 3.18. The van der Waals surface area contributed by atoms with E-state index >= 15 is 0 Å². The van der Waals surface area contributed by atoms with Gasteiger partial charge in [-0.2, -0.15) is 0 Å². The van der Waals surface area contributed by atoms with Crippen LogP contribution in [0.4, 0.5) is 0 Å². The van der Waals surface area contributed by atoms with Gasteiger partial charge in [0, 0.05) is 6.92 Å². The van der Waals surface area contributed by atoms with Gasteiger partial charge in [-0.05, 0) is 0 Å². The molecule has 54 valence electrons. The summed E-state index contributed by atoms with van der Waals surface area (Å²) < 4.78 is 2.33. The molecule has 0 bridgehead atoms. The van der Waals surface area contributed by atoms with Gasteiger partial charge in [-0.25, -0.2) is 4.58 Å². The minimum Gasteiger partial charge on any atom is -1.00 e. The largest absolute Gasteiger partial charge is 1.00 e. The summed E-state index contributed by atoms with van der Waals surface area (Å²) in [5.41, 5.74) is 0. The molecule has 0 aromatic carbocycles. The molecule has 1 saturated heterocycles. The molecule has 0 aromatic rings. The van der Waals surface area contributed by atoms with Gasteiger partial charge in [-0.3, -0.25) is 0 Å². The van der Waals surface area contributed by atoms with E-state index in [1.807, 2.05) is 0 Å². The molecular weight excluding hydrogens is 180 g/mol. The van der Waals surface area contributed by atoms with Crippen molar-refractivity contribution in [3.8, 4) is 0 Å². The zero-order valence-corrected chi connectivity index (χ0v) is 7.32. The maximum absolute atomic E-state index is 3.29. The van der Waals surface area contributed by atoms with Crippen molar-refractivity contribution in [2.24, 2.45) is 0 Å². The predicted molar refractivity (Wildman–Crippen MR) is 34.6 cm³/mol. The van der Waals surface area contributed by atoms with E-state index in [9.17, 15) is 0 Å². The average molecular weight is 193 g/mol. The third-order valence-corrected chi connectivity index (χ3v) is 1.52. The Morgan fingerprint density at radius 3 is 2.22 bits per heavy atom. The van der Waals surface area contributed by atoms with E-state index in [4.69, 9.17) is 0 Å². The number of nitrogens with one attached hydrogen (secondary N) is 1. The van der Waals surface area contributed by atoms with Crippen molar-refractivity contribution in [1.82, 2.24) is 5.32 Å². The number of hydrogen-bond acceptors (Lipinski definition) is 1. The van der Waals surface area contributed by atoms with Crippen LogP contribution in [-0.2, 0) is 0 Å². The summed E-state index contributed by atoms with van der Waals surface area (Å²) in [6.45, 7) is 6.73. The third-order valence-electron chi connectivity index (χ3n) is 1.52. The summed E-state index contributed by atoms with van der Waals surface area (Å²) in [4.78, 5) is 0. The van der Waals surface area contributed by atoms with Gasteiger partial charge in [-0.15, -0.1) is 0 Å². The third kappa shape index (κ3) is 2.96. The first kappa shape index (κ1) is 9.11. The van der Waals surface area contributed by atoms with E-state index < -0.39 is 0 Å². The molecule has 9 heavy (non-hydrogen) atoms. The highest BCUT2D eigenvalue weighted by Crippen LogP contribution is 1.78. The van der Waals surface area contributed by atoms with Gasteiger partial charge in [0.2, 0.25) is 0 Å². The molecule has 1 aliphatic heterocycles. The van der Waals surface area contributed by atoms with Crippen molar-refractivity contribution < 1.29 is 21.6 Å². The normalized spacial score (nSPS) is 18.6. The molecule has 1 heterocycles. The van der Waals surface area contributed by atoms with E-state index in [-0.39, 0.29) is 17.0 Å². The Kier molecular flexibility index (Phi) is 5.00. The average Bonchev–Trinajstić information content (AvgIpc) is 1.90. The van der Waals surface area contributed by atoms with Gasteiger partial charge in [0.15, 0.2) is 13.1 Å². The summed E-state index contributed by atoms with van der Waals surface area (Å²) >= 11 is 0. The lowest BCUT2D eigenvalue weighted by Crippen LogP contribution is -3.00. The van der Waals surface area contributed by atoms with E-state index in [0.29, 0.717) is 0 Å². The molecular formula is C6H13BrN2. The first-order chi connectivity index (χ1) is 3.93. The minimum atomic E-state index is 0. The molecule has 0 spiro atoms. The summed E-state index contributed by atoms with van der Waals surface area (Å²) in [6, 6.07) is 0. The number of nitrogens with zero attached hydrogens (tertiary/aromatic N) is 1. The van der Waals surface area contributed by atoms with Crippen molar-refractivity contribution in [1.29, 1.82) is 0 Å². The fourth-order valence-corrected chi connectivity index (χ4v) is 0.940. The Hall–Kier alpha value is 0.110. The first-order valence-corrected chi connectivity index (χ1v) is 3.18. The highest BCUT2D eigenvalue weighted by atomic mass is 79.9. The highest BCUT2D eigenvalue weighted by molar-refractivity contribution is 5.46. The van der Waals surface area contributed by atoms with Crippen LogP contribution in [0, 0.1) is 0 Å². The molecule has 1 aliphatic rings. The number of hydrogen-bond donors (Lipinski definition) is 1. The lowest BCUT2D eigenvalue weighted by molar-refractivity contribution is -0.528. The molecule has 0 atom stereocenters. The second-order valence-corrected chi connectivity index (χ2v) is 2.04. The van der Waals surface area contributed by atoms with Crippen LogP contribution < -0.4 is 22.3 Å². The van der Waals surface area contributed by atoms with Crippen LogP contribution in [0.15, 0.2) is 0 Å². The molecule has 0 aliphatic carbocycles. The van der Waals surface area contributed by atoms with Crippen LogP contribution in [0.5, 0.6) is 0 Å². The molecule has 0 amide bonds. The van der Waals surface area contributed by atoms with Crippen molar-refractivity contribution in [2.45, 2.75) is 6.92 Å². The Morgan fingerprint density at radius 2 is 1.89 bits per heavy atom. The molecule has 0 saturated carbocycles. The maximum Gasteiger partial charge on any atom is 0.154 e. The van der Waals surface area contributed by atoms with Gasteiger partial charge in [0.25, 0.3) is 0 Å². The fourth-order valence-electron chi connectivity index (χ4n) is 0.940. The van der Waals surface area contributed by atoms with Crippen molar-refractivity contribution in [3.63, 3.8) is 0 Å². The van der Waals surface area contributed by atoms with Crippen molar-refractivity contribution >= 4 is 6.21 Å². The second-order valence-electron chi connectivity index (χ2n) is 2.04. The summed E-state index contributed by atoms with van der Waals surface area (Å²) in [7, 11) is 0. The smallest absolute Gasteiger partial charge is 0.154 e. The lowest BCUT2D eigenvalue weighted by atomic mass is 10.4. The zero-order valence-electron chi connectivity index (χ0n) is 5.73. The quantitative estimate of drug-likeness (QED) is 0.398. The van der Waals surface area contributed by atoms with Crippen LogP contribution in [0.1, 0.15) is 6.92 Å². The van der Waals surface area contributed by atoms with E-state index in [1.54, 1.807) is 0 Å². The summed E-state index contributed by atoms with van der Waals surface area (Å²) in [5.74, 6) is 0. The molecule has 3 heteroatoms. The standard InChI is InChI=1S/C6H13N2.BrH/c1-2-8-5-3-7-4-6-8;/h2,7H,3-6H2,1H3;1H/q+1;/p-1. The molecule has 0 unspecified atom stereocenters. The van der Waals surface area contributed by atoms with Gasteiger partial charge in [0.1, 0.15) is 6.21 Å². The van der Waals surface area contributed by atoms with Crippen LogP contribution in [-0.4, -0.2) is 37.0 Å². The summed E-state index contributed by atoms with van der Waals surface area (Å²) in [6.07, 6.45) is 2.15. The zero-order chi connectivity index (χ0) is 5.82. The molecule has 1 N–H and O–H groups in total. The van der Waals surface area contributed by atoms with E-state index in [1.165, 1.54) is 13.1 Å². The molecule has 1 rings (SSSR count). The predicted octanol–water partition coefficient (Wildman–Crippen LogP) is -3.30. The fraction of sp³-hybridized carbons (Fsp3) is 0.833. The molecule has 0 radical (unpaired) electrons. The lowest BCUT2D eigenvalue weighted by Gasteiger charge is -2.09. The Balaban J connectivity index is 0.000000640. The Labute approximate surface area is 66.7 Å².